The molecule has 25 heavy (non-hydrogen) atoms. The van der Waals surface area contributed by atoms with Crippen LogP contribution in [0.25, 0.3) is 6.08 Å². The van der Waals surface area contributed by atoms with E-state index in [1.54, 1.807) is 0 Å². The average molecular weight is 357 g/mol. The summed E-state index contributed by atoms with van der Waals surface area (Å²) in [6, 6.07) is 9.97. The number of para-hydroxylation sites is 2. The van der Waals surface area contributed by atoms with E-state index in [4.69, 9.17) is 0 Å². The quantitative estimate of drug-likeness (QED) is 0.607. The number of anilines is 1. The Morgan fingerprint density at radius 3 is 2.48 bits per heavy atom. The van der Waals surface area contributed by atoms with E-state index in [0.717, 1.165) is 18.2 Å². The molecule has 0 aliphatic heterocycles. The minimum Gasteiger partial charge on any atom is -0.433 e. The Balaban J connectivity index is 2.10. The molecule has 1 N–H and O–H groups in total. The lowest BCUT2D eigenvalue weighted by Crippen LogP contribution is -2.11. The number of carbonyl (C=O) groups is 1. The second kappa shape index (κ2) is 7.78. The number of hydrogen-bond acceptors (Lipinski definition) is 2. The van der Waals surface area contributed by atoms with E-state index in [1.807, 2.05) is 0 Å². The van der Waals surface area contributed by atoms with Crippen LogP contribution in [0.5, 0.6) is 5.75 Å². The molecular formula is C17H12F5NO2. The molecule has 2 aromatic carbocycles. The Kier molecular flexibility index (Phi) is 5.74. The van der Waals surface area contributed by atoms with Crippen LogP contribution in [0.4, 0.5) is 27.6 Å². The maximum Gasteiger partial charge on any atom is 0.416 e. The third kappa shape index (κ3) is 5.59. The molecule has 0 aliphatic carbocycles. The van der Waals surface area contributed by atoms with Crippen molar-refractivity contribution in [1.82, 2.24) is 0 Å². The number of carbonyl (C=O) groups excluding carboxylic acids is 1. The third-order valence-electron chi connectivity index (χ3n) is 3.00. The SMILES string of the molecule is O=C(/C=C/c1cccc(C(F)(F)F)c1)Nc1ccccc1OC(F)F. The zero-order chi connectivity index (χ0) is 18.4. The van der Waals surface area contributed by atoms with Crippen LogP contribution in [0.1, 0.15) is 11.1 Å². The van der Waals surface area contributed by atoms with E-state index < -0.39 is 24.3 Å². The van der Waals surface area contributed by atoms with E-state index in [0.29, 0.717) is 0 Å². The first-order chi connectivity index (χ1) is 11.8. The van der Waals surface area contributed by atoms with Gasteiger partial charge in [-0.05, 0) is 35.9 Å². The lowest BCUT2D eigenvalue weighted by Gasteiger charge is -2.10. The summed E-state index contributed by atoms with van der Waals surface area (Å²) in [5.74, 6) is -0.930. The van der Waals surface area contributed by atoms with Gasteiger partial charge in [-0.2, -0.15) is 22.0 Å². The van der Waals surface area contributed by atoms with Crippen LogP contribution in [0.3, 0.4) is 0 Å². The standard InChI is InChI=1S/C17H12F5NO2/c18-16(19)25-14-7-2-1-6-13(14)23-15(24)9-8-11-4-3-5-12(10-11)17(20,21)22/h1-10,16H,(H,23,24)/b9-8+. The van der Waals surface area contributed by atoms with Crippen molar-refractivity contribution in [3.63, 3.8) is 0 Å². The van der Waals surface area contributed by atoms with Crippen LogP contribution >= 0.6 is 0 Å². The highest BCUT2D eigenvalue weighted by atomic mass is 19.4. The molecule has 0 heterocycles. The normalized spacial score (nSPS) is 11.8. The zero-order valence-corrected chi connectivity index (χ0v) is 12.6. The number of ether oxygens (including phenoxy) is 1. The predicted octanol–water partition coefficient (Wildman–Crippen LogP) is 4.96. The fourth-order valence-electron chi connectivity index (χ4n) is 1.93. The first kappa shape index (κ1) is 18.4. The lowest BCUT2D eigenvalue weighted by atomic mass is 10.1. The molecule has 2 rings (SSSR count). The number of halogens is 5. The lowest BCUT2D eigenvalue weighted by molar-refractivity contribution is -0.137. The van der Waals surface area contributed by atoms with Gasteiger partial charge in [-0.15, -0.1) is 0 Å². The second-order valence-corrected chi connectivity index (χ2v) is 4.82. The van der Waals surface area contributed by atoms with Gasteiger partial charge in [0.25, 0.3) is 0 Å². The highest BCUT2D eigenvalue weighted by Crippen LogP contribution is 2.30. The van der Waals surface area contributed by atoms with E-state index in [-0.39, 0.29) is 17.0 Å². The Bertz CT molecular complexity index is 772. The molecular weight excluding hydrogens is 345 g/mol. The maximum atomic E-state index is 12.6. The van der Waals surface area contributed by atoms with E-state index >= 15 is 0 Å². The van der Waals surface area contributed by atoms with Crippen LogP contribution in [0.2, 0.25) is 0 Å². The summed E-state index contributed by atoms with van der Waals surface area (Å²) in [5, 5.41) is 2.32. The van der Waals surface area contributed by atoms with E-state index in [9.17, 15) is 26.7 Å². The number of amides is 1. The summed E-state index contributed by atoms with van der Waals surface area (Å²) in [6.45, 7) is -3.06. The van der Waals surface area contributed by atoms with Gasteiger partial charge in [0, 0.05) is 6.08 Å². The van der Waals surface area contributed by atoms with E-state index in [2.05, 4.69) is 10.1 Å². The highest BCUT2D eigenvalue weighted by molar-refractivity contribution is 6.02. The van der Waals surface area contributed by atoms with Crippen LogP contribution in [-0.4, -0.2) is 12.5 Å². The molecule has 0 saturated heterocycles. The van der Waals surface area contributed by atoms with Gasteiger partial charge in [0.2, 0.25) is 5.91 Å². The first-order valence-electron chi connectivity index (χ1n) is 6.96. The minimum atomic E-state index is -4.49. The molecule has 0 unspecified atom stereocenters. The molecule has 0 aromatic heterocycles. The topological polar surface area (TPSA) is 38.3 Å². The summed E-state index contributed by atoms with van der Waals surface area (Å²) in [7, 11) is 0. The van der Waals surface area contributed by atoms with Gasteiger partial charge in [-0.1, -0.05) is 24.3 Å². The molecule has 0 fully saturated rings. The summed E-state index contributed by atoms with van der Waals surface area (Å²) in [6.07, 6.45) is -2.31. The van der Waals surface area contributed by atoms with Crippen LogP contribution in [0, 0.1) is 0 Å². The van der Waals surface area contributed by atoms with Crippen LogP contribution < -0.4 is 10.1 Å². The Morgan fingerprint density at radius 2 is 1.80 bits per heavy atom. The largest absolute Gasteiger partial charge is 0.433 e. The van der Waals surface area contributed by atoms with Gasteiger partial charge in [0.1, 0.15) is 5.75 Å². The van der Waals surface area contributed by atoms with Crippen molar-refractivity contribution in [1.29, 1.82) is 0 Å². The van der Waals surface area contributed by atoms with Crippen molar-refractivity contribution in [2.45, 2.75) is 12.8 Å². The van der Waals surface area contributed by atoms with Crippen molar-refractivity contribution in [3.05, 3.63) is 65.7 Å². The monoisotopic (exact) mass is 357 g/mol. The molecule has 0 bridgehead atoms. The highest BCUT2D eigenvalue weighted by Gasteiger charge is 2.30. The zero-order valence-electron chi connectivity index (χ0n) is 12.6. The van der Waals surface area contributed by atoms with E-state index in [1.165, 1.54) is 42.5 Å². The van der Waals surface area contributed by atoms with Crippen LogP contribution in [-0.2, 0) is 11.0 Å². The summed E-state index contributed by atoms with van der Waals surface area (Å²) >= 11 is 0. The molecule has 3 nitrogen and oxygen atoms in total. The molecule has 0 aliphatic rings. The van der Waals surface area contributed by atoms with Gasteiger partial charge in [0.15, 0.2) is 0 Å². The molecule has 0 spiro atoms. The van der Waals surface area contributed by atoms with Gasteiger partial charge in [-0.25, -0.2) is 0 Å². The Morgan fingerprint density at radius 1 is 1.08 bits per heavy atom. The fraction of sp³-hybridized carbons (Fsp3) is 0.118. The average Bonchev–Trinajstić information content (AvgIpc) is 2.54. The first-order valence-corrected chi connectivity index (χ1v) is 6.96. The van der Waals surface area contributed by atoms with Crippen molar-refractivity contribution in [2.75, 3.05) is 5.32 Å². The molecule has 0 atom stereocenters. The molecule has 2 aromatic rings. The Hall–Kier alpha value is -2.90. The van der Waals surface area contributed by atoms with Crippen molar-refractivity contribution < 1.29 is 31.5 Å². The van der Waals surface area contributed by atoms with Gasteiger partial charge in [-0.3, -0.25) is 4.79 Å². The fourth-order valence-corrected chi connectivity index (χ4v) is 1.93. The minimum absolute atomic E-state index is 0.0153. The predicted molar refractivity (Wildman–Crippen MR) is 82.2 cm³/mol. The number of alkyl halides is 5. The number of hydrogen-bond donors (Lipinski definition) is 1. The summed E-state index contributed by atoms with van der Waals surface area (Å²) in [5.41, 5.74) is -0.658. The Labute approximate surface area is 139 Å². The molecule has 0 saturated carbocycles. The molecule has 132 valence electrons. The van der Waals surface area contributed by atoms with Gasteiger partial charge < -0.3 is 10.1 Å². The smallest absolute Gasteiger partial charge is 0.416 e. The van der Waals surface area contributed by atoms with Crippen molar-refractivity contribution >= 4 is 17.7 Å². The number of rotatable bonds is 5. The summed E-state index contributed by atoms with van der Waals surface area (Å²) in [4.78, 5) is 11.8. The maximum absolute atomic E-state index is 12.6. The molecule has 0 radical (unpaired) electrons. The van der Waals surface area contributed by atoms with Crippen molar-refractivity contribution in [2.24, 2.45) is 0 Å². The van der Waals surface area contributed by atoms with Gasteiger partial charge >= 0.3 is 12.8 Å². The van der Waals surface area contributed by atoms with Crippen LogP contribution in [0.15, 0.2) is 54.6 Å². The summed E-state index contributed by atoms with van der Waals surface area (Å²) < 4.78 is 66.7. The molecule has 1 amide bonds. The molecule has 8 heteroatoms. The van der Waals surface area contributed by atoms with Gasteiger partial charge in [0.05, 0.1) is 11.3 Å². The number of nitrogens with one attached hydrogen (secondary N) is 1. The number of benzene rings is 2. The van der Waals surface area contributed by atoms with Crippen molar-refractivity contribution in [3.8, 4) is 5.75 Å². The third-order valence-corrected chi connectivity index (χ3v) is 3.00. The second-order valence-electron chi connectivity index (χ2n) is 4.82.